The van der Waals surface area contributed by atoms with Crippen LogP contribution in [0.5, 0.6) is 5.88 Å². The van der Waals surface area contributed by atoms with E-state index in [0.717, 1.165) is 29.7 Å². The smallest absolute Gasteiger partial charge is 0.227 e. The van der Waals surface area contributed by atoms with Gasteiger partial charge in [0.25, 0.3) is 0 Å². The molecule has 0 bridgehead atoms. The molecular weight excluding hydrogens is 252 g/mol. The first-order valence-electron chi connectivity index (χ1n) is 6.68. The molecule has 0 aliphatic heterocycles. The van der Waals surface area contributed by atoms with Gasteiger partial charge >= 0.3 is 0 Å². The number of hydrogen-bond acceptors (Lipinski definition) is 3. The Balaban J connectivity index is 1.89. The lowest BCUT2D eigenvalue weighted by atomic mass is 10.1. The molecule has 0 spiro atoms. The fourth-order valence-electron chi connectivity index (χ4n) is 2.08. The van der Waals surface area contributed by atoms with Crippen LogP contribution in [0.3, 0.4) is 0 Å². The van der Waals surface area contributed by atoms with E-state index in [4.69, 9.17) is 4.74 Å². The summed E-state index contributed by atoms with van der Waals surface area (Å²) < 4.78 is 5.06. The number of aromatic nitrogens is 1. The molecule has 1 aromatic heterocycles. The van der Waals surface area contributed by atoms with Crippen LogP contribution < -0.4 is 10.1 Å². The third kappa shape index (κ3) is 2.64. The van der Waals surface area contributed by atoms with Crippen LogP contribution in [0.1, 0.15) is 12.8 Å². The van der Waals surface area contributed by atoms with Crippen molar-refractivity contribution in [1.29, 1.82) is 0 Å². The average molecular weight is 268 g/mol. The molecule has 0 saturated heterocycles. The van der Waals surface area contributed by atoms with Gasteiger partial charge in [0.2, 0.25) is 11.8 Å². The van der Waals surface area contributed by atoms with E-state index in [9.17, 15) is 4.79 Å². The van der Waals surface area contributed by atoms with E-state index < -0.39 is 0 Å². The molecule has 102 valence electrons. The Hall–Kier alpha value is -2.36. The van der Waals surface area contributed by atoms with E-state index in [0.29, 0.717) is 5.88 Å². The molecule has 4 nitrogen and oxygen atoms in total. The maximum absolute atomic E-state index is 11.9. The van der Waals surface area contributed by atoms with Gasteiger partial charge < -0.3 is 10.1 Å². The van der Waals surface area contributed by atoms with Crippen LogP contribution in [0.25, 0.3) is 11.1 Å². The molecule has 1 heterocycles. The number of nitrogens with zero attached hydrogens (tertiary/aromatic N) is 1. The molecule has 1 fully saturated rings. The quantitative estimate of drug-likeness (QED) is 0.927. The second kappa shape index (κ2) is 5.33. The normalized spacial score (nSPS) is 13.8. The van der Waals surface area contributed by atoms with Crippen LogP contribution in [0.4, 0.5) is 5.69 Å². The number of ether oxygens (including phenoxy) is 1. The van der Waals surface area contributed by atoms with Crippen LogP contribution in [0.15, 0.2) is 42.6 Å². The van der Waals surface area contributed by atoms with Crippen molar-refractivity contribution in [1.82, 2.24) is 4.98 Å². The summed E-state index contributed by atoms with van der Waals surface area (Å²) in [7, 11) is 1.59. The molecule has 2 aromatic rings. The standard InChI is InChI=1S/C16H16N2O2/c1-20-15-9-8-12(10-17-15)13-4-2-3-5-14(13)18-16(19)11-6-7-11/h2-5,8-11H,6-7H2,1H3,(H,18,19). The van der Waals surface area contributed by atoms with Gasteiger partial charge in [0, 0.05) is 35.0 Å². The molecule has 3 rings (SSSR count). The molecule has 0 atom stereocenters. The fraction of sp³-hybridized carbons (Fsp3) is 0.250. The summed E-state index contributed by atoms with van der Waals surface area (Å²) in [5.41, 5.74) is 2.76. The van der Waals surface area contributed by atoms with Crippen molar-refractivity contribution in [3.8, 4) is 17.0 Å². The Morgan fingerprint density at radius 3 is 2.70 bits per heavy atom. The minimum Gasteiger partial charge on any atom is -0.481 e. The molecule has 1 aliphatic carbocycles. The van der Waals surface area contributed by atoms with Gasteiger partial charge in [-0.15, -0.1) is 0 Å². The lowest BCUT2D eigenvalue weighted by Crippen LogP contribution is -2.13. The highest BCUT2D eigenvalue weighted by molar-refractivity contribution is 5.97. The largest absolute Gasteiger partial charge is 0.481 e. The second-order valence-electron chi connectivity index (χ2n) is 4.90. The monoisotopic (exact) mass is 268 g/mol. The zero-order valence-corrected chi connectivity index (χ0v) is 11.3. The summed E-state index contributed by atoms with van der Waals surface area (Å²) in [5, 5.41) is 3.00. The fourth-order valence-corrected chi connectivity index (χ4v) is 2.08. The molecule has 1 aromatic carbocycles. The number of methoxy groups -OCH3 is 1. The number of carbonyl (C=O) groups excluding carboxylic acids is 1. The third-order valence-corrected chi connectivity index (χ3v) is 3.39. The lowest BCUT2D eigenvalue weighted by Gasteiger charge is -2.11. The Kier molecular flexibility index (Phi) is 3.37. The van der Waals surface area contributed by atoms with Crippen molar-refractivity contribution in [3.05, 3.63) is 42.6 Å². The number of amides is 1. The van der Waals surface area contributed by atoms with Gasteiger partial charge in [0.15, 0.2) is 0 Å². The lowest BCUT2D eigenvalue weighted by molar-refractivity contribution is -0.117. The van der Waals surface area contributed by atoms with Crippen LogP contribution in [0, 0.1) is 5.92 Å². The second-order valence-corrected chi connectivity index (χ2v) is 4.90. The van der Waals surface area contributed by atoms with Crippen LogP contribution in [-0.2, 0) is 4.79 Å². The SMILES string of the molecule is COc1ccc(-c2ccccc2NC(=O)C2CC2)cn1. The average Bonchev–Trinajstić information content (AvgIpc) is 3.33. The summed E-state index contributed by atoms with van der Waals surface area (Å²) in [6.45, 7) is 0. The van der Waals surface area contributed by atoms with Gasteiger partial charge in [0.05, 0.1) is 7.11 Å². The van der Waals surface area contributed by atoms with Crippen molar-refractivity contribution < 1.29 is 9.53 Å². The molecule has 1 amide bonds. The van der Waals surface area contributed by atoms with Crippen molar-refractivity contribution in [2.24, 2.45) is 5.92 Å². The van der Waals surface area contributed by atoms with E-state index in [1.165, 1.54) is 0 Å². The summed E-state index contributed by atoms with van der Waals surface area (Å²) in [4.78, 5) is 16.1. The summed E-state index contributed by atoms with van der Waals surface area (Å²) in [5.74, 6) is 0.879. The van der Waals surface area contributed by atoms with Crippen molar-refractivity contribution in [2.75, 3.05) is 12.4 Å². The number of anilines is 1. The number of para-hydroxylation sites is 1. The number of carbonyl (C=O) groups is 1. The van der Waals surface area contributed by atoms with E-state index in [1.54, 1.807) is 13.3 Å². The first-order chi connectivity index (χ1) is 9.78. The van der Waals surface area contributed by atoms with Gasteiger partial charge in [-0.05, 0) is 25.0 Å². The van der Waals surface area contributed by atoms with Gasteiger partial charge in [-0.25, -0.2) is 4.98 Å². The van der Waals surface area contributed by atoms with Crippen molar-refractivity contribution in [2.45, 2.75) is 12.8 Å². The predicted octanol–water partition coefficient (Wildman–Crippen LogP) is 3.11. The van der Waals surface area contributed by atoms with Gasteiger partial charge in [-0.1, -0.05) is 18.2 Å². The number of nitrogens with one attached hydrogen (secondary N) is 1. The molecular formula is C16H16N2O2. The van der Waals surface area contributed by atoms with E-state index in [-0.39, 0.29) is 11.8 Å². The molecule has 0 radical (unpaired) electrons. The summed E-state index contributed by atoms with van der Waals surface area (Å²) >= 11 is 0. The summed E-state index contributed by atoms with van der Waals surface area (Å²) in [6, 6.07) is 11.5. The number of pyridine rings is 1. The van der Waals surface area contributed by atoms with Crippen LogP contribution >= 0.6 is 0 Å². The molecule has 0 unspecified atom stereocenters. The van der Waals surface area contributed by atoms with Gasteiger partial charge in [-0.3, -0.25) is 4.79 Å². The highest BCUT2D eigenvalue weighted by Crippen LogP contribution is 2.33. The van der Waals surface area contributed by atoms with Crippen LogP contribution in [0.2, 0.25) is 0 Å². The zero-order valence-electron chi connectivity index (χ0n) is 11.3. The summed E-state index contributed by atoms with van der Waals surface area (Å²) in [6.07, 6.45) is 3.75. The molecule has 1 aliphatic rings. The Labute approximate surface area is 117 Å². The number of benzene rings is 1. The Morgan fingerprint density at radius 1 is 1.25 bits per heavy atom. The minimum absolute atomic E-state index is 0.110. The highest BCUT2D eigenvalue weighted by Gasteiger charge is 2.29. The van der Waals surface area contributed by atoms with E-state index >= 15 is 0 Å². The third-order valence-electron chi connectivity index (χ3n) is 3.39. The molecule has 1 N–H and O–H groups in total. The van der Waals surface area contributed by atoms with Crippen molar-refractivity contribution in [3.63, 3.8) is 0 Å². The number of hydrogen-bond donors (Lipinski definition) is 1. The topological polar surface area (TPSA) is 51.2 Å². The Bertz CT molecular complexity index is 619. The first kappa shape index (κ1) is 12.7. The van der Waals surface area contributed by atoms with Gasteiger partial charge in [0.1, 0.15) is 0 Å². The predicted molar refractivity (Wildman–Crippen MR) is 77.6 cm³/mol. The maximum atomic E-state index is 11.9. The first-order valence-corrected chi connectivity index (χ1v) is 6.68. The maximum Gasteiger partial charge on any atom is 0.227 e. The van der Waals surface area contributed by atoms with E-state index in [2.05, 4.69) is 10.3 Å². The molecule has 1 saturated carbocycles. The molecule has 20 heavy (non-hydrogen) atoms. The minimum atomic E-state index is 0.110. The van der Waals surface area contributed by atoms with Crippen molar-refractivity contribution >= 4 is 11.6 Å². The number of rotatable bonds is 4. The van der Waals surface area contributed by atoms with Gasteiger partial charge in [-0.2, -0.15) is 0 Å². The zero-order chi connectivity index (χ0) is 13.9. The Morgan fingerprint density at radius 2 is 2.05 bits per heavy atom. The highest BCUT2D eigenvalue weighted by atomic mass is 16.5. The van der Waals surface area contributed by atoms with Crippen LogP contribution in [-0.4, -0.2) is 18.0 Å². The molecule has 4 heteroatoms. The van der Waals surface area contributed by atoms with E-state index in [1.807, 2.05) is 36.4 Å².